The molecule has 4 unspecified atom stereocenters. The largest absolute Gasteiger partial charge is 0.480 e. The second kappa shape index (κ2) is 11.7. The number of aliphatic hydroxyl groups excluding tert-OH is 1. The van der Waals surface area contributed by atoms with Crippen molar-refractivity contribution in [2.75, 3.05) is 18.9 Å². The minimum absolute atomic E-state index is 0.0461. The predicted octanol–water partition coefficient (Wildman–Crippen LogP) is -1.48. The van der Waals surface area contributed by atoms with Gasteiger partial charge in [-0.2, -0.15) is 12.6 Å². The topological polar surface area (TPSA) is 162 Å². The first-order valence-corrected chi connectivity index (χ1v) is 10.6. The smallest absolute Gasteiger partial charge is 0.326 e. The molecule has 1 heterocycles. The van der Waals surface area contributed by atoms with Gasteiger partial charge in [0.25, 0.3) is 0 Å². The van der Waals surface area contributed by atoms with E-state index in [1.165, 1.54) is 4.90 Å². The fourth-order valence-corrected chi connectivity index (χ4v) is 3.61. The molecule has 0 bridgehead atoms. The molecule has 0 aliphatic carbocycles. The van der Waals surface area contributed by atoms with Gasteiger partial charge in [0.1, 0.15) is 24.2 Å². The number of rotatable bonds is 10. The van der Waals surface area contributed by atoms with Crippen LogP contribution in [0.1, 0.15) is 18.4 Å². The van der Waals surface area contributed by atoms with E-state index in [4.69, 9.17) is 10.8 Å². The summed E-state index contributed by atoms with van der Waals surface area (Å²) in [7, 11) is 0. The fourth-order valence-electron chi connectivity index (χ4n) is 3.37. The zero-order valence-corrected chi connectivity index (χ0v) is 17.8. The Kier molecular flexibility index (Phi) is 9.28. The second-order valence-electron chi connectivity index (χ2n) is 7.31. The van der Waals surface area contributed by atoms with Crippen molar-refractivity contribution in [3.05, 3.63) is 35.9 Å². The standard InChI is InChI=1S/C20H28N4O6S/c21-13(10-25)17(26)22-14(9-12-5-2-1-3-6-12)18(27)23-15(11-31)19(28)24-8-4-7-16(24)20(29)30/h1-3,5-6,13-16,25,31H,4,7-11,21H2,(H,22,26)(H,23,27)(H,29,30). The van der Waals surface area contributed by atoms with Crippen molar-refractivity contribution < 1.29 is 29.4 Å². The van der Waals surface area contributed by atoms with Crippen molar-refractivity contribution in [3.63, 3.8) is 0 Å². The van der Waals surface area contributed by atoms with E-state index >= 15 is 0 Å². The lowest BCUT2D eigenvalue weighted by Gasteiger charge is -2.28. The van der Waals surface area contributed by atoms with Gasteiger partial charge in [-0.1, -0.05) is 30.3 Å². The predicted molar refractivity (Wildman–Crippen MR) is 115 cm³/mol. The molecule has 1 aromatic rings. The lowest BCUT2D eigenvalue weighted by atomic mass is 10.0. The molecule has 11 heteroatoms. The molecule has 10 nitrogen and oxygen atoms in total. The first-order valence-electron chi connectivity index (χ1n) is 9.93. The van der Waals surface area contributed by atoms with Crippen LogP contribution in [0.3, 0.4) is 0 Å². The van der Waals surface area contributed by atoms with Crippen molar-refractivity contribution in [2.45, 2.75) is 43.4 Å². The Bertz CT molecular complexity index is 793. The van der Waals surface area contributed by atoms with Crippen LogP contribution in [0.25, 0.3) is 0 Å². The molecular weight excluding hydrogens is 424 g/mol. The molecule has 0 radical (unpaired) electrons. The van der Waals surface area contributed by atoms with Gasteiger partial charge in [-0.3, -0.25) is 14.4 Å². The van der Waals surface area contributed by atoms with Gasteiger partial charge in [-0.05, 0) is 18.4 Å². The summed E-state index contributed by atoms with van der Waals surface area (Å²) in [5, 5.41) is 23.5. The summed E-state index contributed by atoms with van der Waals surface area (Å²) in [6.45, 7) is -0.305. The number of aliphatic carboxylic acids is 1. The summed E-state index contributed by atoms with van der Waals surface area (Å²) >= 11 is 4.14. The molecule has 0 aromatic heterocycles. The van der Waals surface area contributed by atoms with Crippen molar-refractivity contribution in [1.29, 1.82) is 0 Å². The lowest BCUT2D eigenvalue weighted by molar-refractivity contribution is -0.149. The van der Waals surface area contributed by atoms with Crippen LogP contribution in [-0.4, -0.2) is 81.9 Å². The van der Waals surface area contributed by atoms with E-state index in [1.54, 1.807) is 24.3 Å². The van der Waals surface area contributed by atoms with Crippen molar-refractivity contribution in [3.8, 4) is 0 Å². The maximum atomic E-state index is 12.9. The highest BCUT2D eigenvalue weighted by molar-refractivity contribution is 7.80. The van der Waals surface area contributed by atoms with Gasteiger partial charge in [-0.15, -0.1) is 0 Å². The number of hydrogen-bond donors (Lipinski definition) is 6. The molecule has 1 aliphatic heterocycles. The number of nitrogens with one attached hydrogen (secondary N) is 2. The van der Waals surface area contributed by atoms with Crippen LogP contribution >= 0.6 is 12.6 Å². The van der Waals surface area contributed by atoms with E-state index in [0.29, 0.717) is 12.8 Å². The zero-order chi connectivity index (χ0) is 23.0. The van der Waals surface area contributed by atoms with E-state index in [1.807, 2.05) is 6.07 Å². The Labute approximate surface area is 185 Å². The van der Waals surface area contributed by atoms with Crippen LogP contribution in [0.4, 0.5) is 0 Å². The molecule has 1 aromatic carbocycles. The molecule has 170 valence electrons. The minimum atomic E-state index is -1.20. The normalized spacial score (nSPS) is 18.7. The molecule has 1 aliphatic rings. The van der Waals surface area contributed by atoms with Crippen LogP contribution in [0.5, 0.6) is 0 Å². The molecule has 4 atom stereocenters. The van der Waals surface area contributed by atoms with E-state index in [0.717, 1.165) is 5.56 Å². The van der Waals surface area contributed by atoms with E-state index in [9.17, 15) is 24.3 Å². The number of nitrogens with zero attached hydrogens (tertiary/aromatic N) is 1. The summed E-state index contributed by atoms with van der Waals surface area (Å²) in [5.74, 6) is -3.03. The van der Waals surface area contributed by atoms with E-state index in [2.05, 4.69) is 23.3 Å². The number of carboxylic acid groups (broad SMARTS) is 1. The maximum Gasteiger partial charge on any atom is 0.326 e. The highest BCUT2D eigenvalue weighted by Gasteiger charge is 2.38. The number of nitrogens with two attached hydrogens (primary N) is 1. The van der Waals surface area contributed by atoms with Gasteiger partial charge < -0.3 is 31.5 Å². The Hall–Kier alpha value is -2.63. The Morgan fingerprint density at radius 3 is 2.35 bits per heavy atom. The summed E-state index contributed by atoms with van der Waals surface area (Å²) in [6, 6.07) is 4.68. The van der Waals surface area contributed by atoms with Gasteiger partial charge in [-0.25, -0.2) is 4.79 Å². The van der Waals surface area contributed by atoms with Crippen LogP contribution in [0.2, 0.25) is 0 Å². The second-order valence-corrected chi connectivity index (χ2v) is 7.68. The number of thiol groups is 1. The summed E-state index contributed by atoms with van der Waals surface area (Å²) in [6.07, 6.45) is 1.03. The van der Waals surface area contributed by atoms with Crippen molar-refractivity contribution >= 4 is 36.3 Å². The fraction of sp³-hybridized carbons (Fsp3) is 0.500. The SMILES string of the molecule is NC(CO)C(=O)NC(Cc1ccccc1)C(=O)NC(CS)C(=O)N1CCCC1C(=O)O. The Morgan fingerprint density at radius 2 is 1.77 bits per heavy atom. The van der Waals surface area contributed by atoms with Crippen LogP contribution in [-0.2, 0) is 25.6 Å². The third-order valence-corrected chi connectivity index (χ3v) is 5.43. The quantitative estimate of drug-likeness (QED) is 0.236. The monoisotopic (exact) mass is 452 g/mol. The molecule has 0 spiro atoms. The van der Waals surface area contributed by atoms with Gasteiger partial charge in [0.15, 0.2) is 0 Å². The zero-order valence-electron chi connectivity index (χ0n) is 16.9. The molecule has 1 fully saturated rings. The minimum Gasteiger partial charge on any atom is -0.480 e. The number of hydrogen-bond acceptors (Lipinski definition) is 7. The average Bonchev–Trinajstić information content (AvgIpc) is 3.26. The molecule has 0 saturated carbocycles. The molecular formula is C20H28N4O6S. The summed E-state index contributed by atoms with van der Waals surface area (Å²) < 4.78 is 0. The number of carbonyl (C=O) groups excluding carboxylic acids is 3. The molecule has 3 amide bonds. The Balaban J connectivity index is 2.14. The van der Waals surface area contributed by atoms with Crippen molar-refractivity contribution in [1.82, 2.24) is 15.5 Å². The number of benzene rings is 1. The molecule has 31 heavy (non-hydrogen) atoms. The first-order chi connectivity index (χ1) is 14.8. The average molecular weight is 453 g/mol. The highest BCUT2D eigenvalue weighted by atomic mass is 32.1. The van der Waals surface area contributed by atoms with Gasteiger partial charge >= 0.3 is 5.97 Å². The van der Waals surface area contributed by atoms with E-state index < -0.39 is 54.5 Å². The number of carboxylic acids is 1. The van der Waals surface area contributed by atoms with Gasteiger partial charge in [0, 0.05) is 18.7 Å². The molecule has 6 N–H and O–H groups in total. The summed E-state index contributed by atoms with van der Waals surface area (Å²) in [4.78, 5) is 50.6. The number of aliphatic hydroxyl groups is 1. The number of amides is 3. The van der Waals surface area contributed by atoms with Crippen LogP contribution in [0.15, 0.2) is 30.3 Å². The number of likely N-dealkylation sites (tertiary alicyclic amines) is 1. The van der Waals surface area contributed by atoms with Crippen LogP contribution in [0, 0.1) is 0 Å². The Morgan fingerprint density at radius 1 is 1.13 bits per heavy atom. The first kappa shape index (κ1) is 24.6. The van der Waals surface area contributed by atoms with E-state index in [-0.39, 0.29) is 18.7 Å². The molecule has 1 saturated heterocycles. The third kappa shape index (κ3) is 6.68. The van der Waals surface area contributed by atoms with Gasteiger partial charge in [0.05, 0.1) is 6.61 Å². The molecule has 2 rings (SSSR count). The van der Waals surface area contributed by atoms with Gasteiger partial charge in [0.2, 0.25) is 17.7 Å². The highest BCUT2D eigenvalue weighted by Crippen LogP contribution is 2.19. The lowest BCUT2D eigenvalue weighted by Crippen LogP contribution is -2.58. The maximum absolute atomic E-state index is 12.9. The van der Waals surface area contributed by atoms with Crippen LogP contribution < -0.4 is 16.4 Å². The third-order valence-electron chi connectivity index (χ3n) is 5.07. The summed E-state index contributed by atoms with van der Waals surface area (Å²) in [5.41, 5.74) is 6.30. The number of carbonyl (C=O) groups is 4. The van der Waals surface area contributed by atoms with Crippen molar-refractivity contribution in [2.24, 2.45) is 5.73 Å².